The first-order chi connectivity index (χ1) is 11.5. The number of aromatic nitrogens is 3. The van der Waals surface area contributed by atoms with E-state index < -0.39 is 11.7 Å². The SMILES string of the molecule is CN[C@@H]1COC[C@H]1COc1nc(Cl)c(F)c2nc(SC)nc(O)c12. The zero-order valence-electron chi connectivity index (χ0n) is 13.0. The van der Waals surface area contributed by atoms with Crippen LogP contribution in [0.25, 0.3) is 10.9 Å². The molecule has 1 aliphatic heterocycles. The molecule has 1 aliphatic rings. The zero-order chi connectivity index (χ0) is 17.3. The highest BCUT2D eigenvalue weighted by Crippen LogP contribution is 2.35. The van der Waals surface area contributed by atoms with Gasteiger partial charge in [0.15, 0.2) is 16.1 Å². The molecule has 0 radical (unpaired) electrons. The fourth-order valence-corrected chi connectivity index (χ4v) is 3.07. The Labute approximate surface area is 146 Å². The molecule has 1 saturated heterocycles. The van der Waals surface area contributed by atoms with Crippen LogP contribution in [0.5, 0.6) is 11.8 Å². The maximum absolute atomic E-state index is 14.2. The maximum Gasteiger partial charge on any atom is 0.230 e. The molecule has 0 unspecified atom stereocenters. The van der Waals surface area contributed by atoms with Gasteiger partial charge in [0.2, 0.25) is 11.8 Å². The van der Waals surface area contributed by atoms with Crippen LogP contribution in [-0.2, 0) is 4.74 Å². The molecule has 2 aromatic rings. The molecule has 0 spiro atoms. The summed E-state index contributed by atoms with van der Waals surface area (Å²) >= 11 is 7.02. The second-order valence-corrected chi connectivity index (χ2v) is 6.41. The number of nitrogens with one attached hydrogen (secondary N) is 1. The van der Waals surface area contributed by atoms with Crippen molar-refractivity contribution in [2.24, 2.45) is 5.92 Å². The Morgan fingerprint density at radius 3 is 2.92 bits per heavy atom. The molecule has 0 saturated carbocycles. The minimum Gasteiger partial charge on any atom is -0.493 e. The zero-order valence-corrected chi connectivity index (χ0v) is 14.6. The van der Waals surface area contributed by atoms with Crippen molar-refractivity contribution in [1.29, 1.82) is 0 Å². The van der Waals surface area contributed by atoms with Crippen LogP contribution in [0.2, 0.25) is 5.15 Å². The van der Waals surface area contributed by atoms with Crippen LogP contribution < -0.4 is 10.1 Å². The topological polar surface area (TPSA) is 89.4 Å². The van der Waals surface area contributed by atoms with Crippen LogP contribution >= 0.6 is 23.4 Å². The standard InChI is InChI=1S/C14H16ClFN4O3S/c1-17-7-5-22-3-6(7)4-23-13-8-10(9(16)11(15)19-13)18-14(24-2)20-12(8)21/h6-7,17H,3-5H2,1-2H3,(H,18,20,21)/t6-,7+/m0/s1. The van der Waals surface area contributed by atoms with Gasteiger partial charge in [-0.2, -0.15) is 9.97 Å². The number of thioether (sulfide) groups is 1. The van der Waals surface area contributed by atoms with E-state index >= 15 is 0 Å². The summed E-state index contributed by atoms with van der Waals surface area (Å²) in [5.41, 5.74) is -0.116. The monoisotopic (exact) mass is 374 g/mol. The number of nitrogens with zero attached hydrogens (tertiary/aromatic N) is 3. The number of fused-ring (bicyclic) bond motifs is 1. The molecule has 3 rings (SSSR count). The number of hydrogen-bond donors (Lipinski definition) is 2. The molecule has 10 heteroatoms. The maximum atomic E-state index is 14.2. The van der Waals surface area contributed by atoms with Gasteiger partial charge < -0.3 is 19.9 Å². The number of halogens is 2. The van der Waals surface area contributed by atoms with Crippen LogP contribution in [0.15, 0.2) is 5.16 Å². The fraction of sp³-hybridized carbons (Fsp3) is 0.500. The van der Waals surface area contributed by atoms with E-state index in [2.05, 4.69) is 20.3 Å². The normalized spacial score (nSPS) is 20.7. The summed E-state index contributed by atoms with van der Waals surface area (Å²) in [4.78, 5) is 11.9. The fourth-order valence-electron chi connectivity index (χ4n) is 2.54. The van der Waals surface area contributed by atoms with Gasteiger partial charge in [-0.05, 0) is 13.3 Å². The Kier molecular flexibility index (Phi) is 5.24. The van der Waals surface area contributed by atoms with Gasteiger partial charge in [-0.3, -0.25) is 0 Å². The van der Waals surface area contributed by atoms with E-state index in [0.29, 0.717) is 13.2 Å². The molecule has 3 heterocycles. The first-order valence-corrected chi connectivity index (χ1v) is 8.83. The first kappa shape index (κ1) is 17.4. The van der Waals surface area contributed by atoms with Crippen molar-refractivity contribution >= 4 is 34.3 Å². The summed E-state index contributed by atoms with van der Waals surface area (Å²) in [5.74, 6) is -1.10. The van der Waals surface area contributed by atoms with Gasteiger partial charge in [-0.1, -0.05) is 23.4 Å². The lowest BCUT2D eigenvalue weighted by Crippen LogP contribution is -2.35. The Bertz CT molecular complexity index is 767. The molecule has 1 fully saturated rings. The van der Waals surface area contributed by atoms with Crippen molar-refractivity contribution in [1.82, 2.24) is 20.3 Å². The summed E-state index contributed by atoms with van der Waals surface area (Å²) < 4.78 is 25.3. The van der Waals surface area contributed by atoms with E-state index in [4.69, 9.17) is 21.1 Å². The number of pyridine rings is 1. The number of rotatable bonds is 5. The Morgan fingerprint density at radius 1 is 1.42 bits per heavy atom. The molecule has 0 amide bonds. The number of likely N-dealkylation sites (N-methyl/N-ethyl adjacent to an activating group) is 1. The highest BCUT2D eigenvalue weighted by Gasteiger charge is 2.28. The van der Waals surface area contributed by atoms with Crippen LogP contribution in [0.3, 0.4) is 0 Å². The molecule has 0 aliphatic carbocycles. The van der Waals surface area contributed by atoms with E-state index in [9.17, 15) is 9.50 Å². The quantitative estimate of drug-likeness (QED) is 0.465. The van der Waals surface area contributed by atoms with Crippen LogP contribution in [-0.4, -0.2) is 59.2 Å². The van der Waals surface area contributed by atoms with Gasteiger partial charge in [-0.25, -0.2) is 9.37 Å². The van der Waals surface area contributed by atoms with E-state index in [1.165, 1.54) is 11.8 Å². The molecule has 2 N–H and O–H groups in total. The first-order valence-electron chi connectivity index (χ1n) is 7.22. The lowest BCUT2D eigenvalue weighted by Gasteiger charge is -2.18. The molecular formula is C14H16ClFN4O3S. The van der Waals surface area contributed by atoms with E-state index in [1.54, 1.807) is 6.26 Å². The highest BCUT2D eigenvalue weighted by atomic mass is 35.5. The Hall–Kier alpha value is -1.42. The molecule has 7 nitrogen and oxygen atoms in total. The Morgan fingerprint density at radius 2 is 2.21 bits per heavy atom. The minimum absolute atomic E-state index is 0.00306. The van der Waals surface area contributed by atoms with E-state index in [1.807, 2.05) is 7.05 Å². The minimum atomic E-state index is -0.815. The van der Waals surface area contributed by atoms with Gasteiger partial charge in [-0.15, -0.1) is 0 Å². The van der Waals surface area contributed by atoms with Crippen molar-refractivity contribution in [3.8, 4) is 11.8 Å². The summed E-state index contributed by atoms with van der Waals surface area (Å²) in [7, 11) is 1.85. The van der Waals surface area contributed by atoms with Gasteiger partial charge in [0.05, 0.1) is 19.8 Å². The molecule has 24 heavy (non-hydrogen) atoms. The number of ether oxygens (including phenoxy) is 2. The van der Waals surface area contributed by atoms with Gasteiger partial charge in [0.25, 0.3) is 0 Å². The molecule has 0 aromatic carbocycles. The lowest BCUT2D eigenvalue weighted by molar-refractivity contribution is 0.166. The third-order valence-electron chi connectivity index (χ3n) is 3.86. The predicted molar refractivity (Wildman–Crippen MR) is 88.4 cm³/mol. The summed E-state index contributed by atoms with van der Waals surface area (Å²) in [6.45, 7) is 1.41. The average Bonchev–Trinajstić information content (AvgIpc) is 3.04. The van der Waals surface area contributed by atoms with Crippen LogP contribution in [0, 0.1) is 11.7 Å². The second-order valence-electron chi connectivity index (χ2n) is 5.28. The smallest absolute Gasteiger partial charge is 0.230 e. The largest absolute Gasteiger partial charge is 0.493 e. The van der Waals surface area contributed by atoms with Crippen molar-refractivity contribution < 1.29 is 19.0 Å². The van der Waals surface area contributed by atoms with Crippen LogP contribution in [0.4, 0.5) is 4.39 Å². The van der Waals surface area contributed by atoms with Crippen LogP contribution in [0.1, 0.15) is 0 Å². The Balaban J connectivity index is 1.97. The predicted octanol–water partition coefficient (Wildman–Crippen LogP) is 1.86. The van der Waals surface area contributed by atoms with Gasteiger partial charge in [0.1, 0.15) is 10.9 Å². The second kappa shape index (κ2) is 7.22. The molecule has 2 atom stereocenters. The molecular weight excluding hydrogens is 359 g/mol. The van der Waals surface area contributed by atoms with Crippen molar-refractivity contribution in [2.75, 3.05) is 33.1 Å². The van der Waals surface area contributed by atoms with Crippen molar-refractivity contribution in [2.45, 2.75) is 11.2 Å². The van der Waals surface area contributed by atoms with E-state index in [-0.39, 0.29) is 45.7 Å². The summed E-state index contributed by atoms with van der Waals surface area (Å²) in [6, 6.07) is 0.153. The third kappa shape index (κ3) is 3.21. The highest BCUT2D eigenvalue weighted by molar-refractivity contribution is 7.98. The number of hydrogen-bond acceptors (Lipinski definition) is 8. The average molecular weight is 375 g/mol. The lowest BCUT2D eigenvalue weighted by atomic mass is 10.1. The summed E-state index contributed by atoms with van der Waals surface area (Å²) in [6.07, 6.45) is 1.72. The molecule has 130 valence electrons. The molecule has 0 bridgehead atoms. The summed E-state index contributed by atoms with van der Waals surface area (Å²) in [5, 5.41) is 13.2. The van der Waals surface area contributed by atoms with Gasteiger partial charge >= 0.3 is 0 Å². The van der Waals surface area contributed by atoms with E-state index in [0.717, 1.165) is 0 Å². The van der Waals surface area contributed by atoms with Crippen molar-refractivity contribution in [3.63, 3.8) is 0 Å². The third-order valence-corrected chi connectivity index (χ3v) is 4.66. The molecule has 2 aromatic heterocycles. The van der Waals surface area contributed by atoms with Gasteiger partial charge in [0, 0.05) is 12.0 Å². The van der Waals surface area contributed by atoms with Crippen molar-refractivity contribution in [3.05, 3.63) is 11.0 Å². The number of aromatic hydroxyl groups is 1.